The van der Waals surface area contributed by atoms with Crippen molar-refractivity contribution in [3.8, 4) is 0 Å². The molecule has 0 radical (unpaired) electrons. The Hall–Kier alpha value is -0.830. The van der Waals surface area contributed by atoms with Crippen molar-refractivity contribution < 1.29 is 9.53 Å². The van der Waals surface area contributed by atoms with Gasteiger partial charge in [0.15, 0.2) is 0 Å². The molecule has 1 N–H and O–H groups in total. The van der Waals surface area contributed by atoms with Crippen LogP contribution < -0.4 is 5.32 Å². The number of hydrogen-bond acceptors (Lipinski definition) is 2. The van der Waals surface area contributed by atoms with Crippen LogP contribution in [0.25, 0.3) is 0 Å². The van der Waals surface area contributed by atoms with Gasteiger partial charge in [-0.3, -0.25) is 4.79 Å². The lowest BCUT2D eigenvalue weighted by Gasteiger charge is -2.04. The number of rotatable bonds is 21. The highest BCUT2D eigenvalue weighted by Crippen LogP contribution is 2.13. The Morgan fingerprint density at radius 2 is 1.19 bits per heavy atom. The van der Waals surface area contributed by atoms with E-state index in [1.165, 1.54) is 89.9 Å². The Morgan fingerprint density at radius 1 is 0.769 bits per heavy atom. The lowest BCUT2D eigenvalue weighted by atomic mass is 10.0. The zero-order chi connectivity index (χ0) is 19.1. The minimum Gasteiger partial charge on any atom is -0.382 e. The fraction of sp³-hybridized carbons (Fsp3) is 0.870. The number of nitrogens with one attached hydrogen (secondary N) is 1. The van der Waals surface area contributed by atoms with Gasteiger partial charge >= 0.3 is 0 Å². The molecule has 0 aromatic carbocycles. The maximum absolute atomic E-state index is 11.4. The van der Waals surface area contributed by atoms with Crippen molar-refractivity contribution in [1.82, 2.24) is 5.32 Å². The number of hydrogen-bond donors (Lipinski definition) is 1. The molecule has 0 atom stereocenters. The van der Waals surface area contributed by atoms with Crippen LogP contribution in [0.5, 0.6) is 0 Å². The van der Waals surface area contributed by atoms with E-state index >= 15 is 0 Å². The van der Waals surface area contributed by atoms with Crippen LogP contribution in [0.4, 0.5) is 0 Å². The second kappa shape index (κ2) is 22.2. The first kappa shape index (κ1) is 25.2. The van der Waals surface area contributed by atoms with Crippen LogP contribution in [-0.4, -0.2) is 25.7 Å². The first-order valence-electron chi connectivity index (χ1n) is 11.3. The van der Waals surface area contributed by atoms with Crippen LogP contribution in [0.2, 0.25) is 0 Å². The van der Waals surface area contributed by atoms with Crippen LogP contribution in [0.3, 0.4) is 0 Å². The van der Waals surface area contributed by atoms with Gasteiger partial charge in [-0.05, 0) is 19.8 Å². The highest BCUT2D eigenvalue weighted by atomic mass is 16.5. The fourth-order valence-electron chi connectivity index (χ4n) is 3.21. The minimum absolute atomic E-state index is 0.162. The average molecular weight is 368 g/mol. The Morgan fingerprint density at radius 3 is 1.62 bits per heavy atom. The molecule has 154 valence electrons. The van der Waals surface area contributed by atoms with Gasteiger partial charge in [0.2, 0.25) is 5.91 Å². The van der Waals surface area contributed by atoms with Gasteiger partial charge in [0.25, 0.3) is 0 Å². The largest absolute Gasteiger partial charge is 0.382 e. The fourth-order valence-corrected chi connectivity index (χ4v) is 3.21. The molecule has 0 aromatic heterocycles. The van der Waals surface area contributed by atoms with Crippen molar-refractivity contribution in [2.24, 2.45) is 0 Å². The molecule has 0 spiro atoms. The first-order valence-corrected chi connectivity index (χ1v) is 11.3. The van der Waals surface area contributed by atoms with Gasteiger partial charge in [-0.2, -0.15) is 0 Å². The topological polar surface area (TPSA) is 38.3 Å². The van der Waals surface area contributed by atoms with Crippen molar-refractivity contribution in [1.29, 1.82) is 0 Å². The predicted octanol–water partition coefficient (Wildman–Crippen LogP) is 6.57. The van der Waals surface area contributed by atoms with Crippen LogP contribution in [0, 0.1) is 0 Å². The SMILES string of the molecule is C=CCNC(=O)CCCCCCCCCCCCCCCCCOCC. The van der Waals surface area contributed by atoms with E-state index in [1.807, 2.05) is 0 Å². The minimum atomic E-state index is 0.162. The summed E-state index contributed by atoms with van der Waals surface area (Å²) < 4.78 is 5.36. The molecule has 0 unspecified atom stereocenters. The van der Waals surface area contributed by atoms with E-state index in [4.69, 9.17) is 4.74 Å². The summed E-state index contributed by atoms with van der Waals surface area (Å²) in [6, 6.07) is 0. The first-order chi connectivity index (χ1) is 12.8. The van der Waals surface area contributed by atoms with Crippen LogP contribution in [-0.2, 0) is 9.53 Å². The van der Waals surface area contributed by atoms with Crippen LogP contribution >= 0.6 is 0 Å². The van der Waals surface area contributed by atoms with Crippen molar-refractivity contribution in [2.75, 3.05) is 19.8 Å². The van der Waals surface area contributed by atoms with E-state index in [1.54, 1.807) is 6.08 Å². The zero-order valence-corrected chi connectivity index (χ0v) is 17.5. The molecule has 26 heavy (non-hydrogen) atoms. The summed E-state index contributed by atoms with van der Waals surface area (Å²) in [5, 5.41) is 2.83. The van der Waals surface area contributed by atoms with Gasteiger partial charge in [0.1, 0.15) is 0 Å². The van der Waals surface area contributed by atoms with Gasteiger partial charge in [-0.1, -0.05) is 89.5 Å². The Kier molecular flexibility index (Phi) is 21.5. The molecule has 0 aliphatic carbocycles. The molecule has 1 amide bonds. The highest BCUT2D eigenvalue weighted by molar-refractivity contribution is 5.75. The van der Waals surface area contributed by atoms with Crippen LogP contribution in [0.1, 0.15) is 110 Å². The van der Waals surface area contributed by atoms with Crippen molar-refractivity contribution in [3.63, 3.8) is 0 Å². The number of ether oxygens (including phenoxy) is 1. The summed E-state index contributed by atoms with van der Waals surface area (Å²) in [5.41, 5.74) is 0. The Labute approximate surface area is 163 Å². The lowest BCUT2D eigenvalue weighted by molar-refractivity contribution is -0.121. The Bertz CT molecular complexity index is 305. The number of amides is 1. The summed E-state index contributed by atoms with van der Waals surface area (Å²) in [6.07, 6.45) is 22.4. The number of unbranched alkanes of at least 4 members (excludes halogenated alkanes) is 14. The van der Waals surface area contributed by atoms with Crippen LogP contribution in [0.15, 0.2) is 12.7 Å². The normalized spacial score (nSPS) is 10.8. The van der Waals surface area contributed by atoms with Crippen molar-refractivity contribution in [2.45, 2.75) is 110 Å². The van der Waals surface area contributed by atoms with E-state index in [0.29, 0.717) is 13.0 Å². The maximum Gasteiger partial charge on any atom is 0.220 e. The van der Waals surface area contributed by atoms with E-state index in [2.05, 4.69) is 18.8 Å². The lowest BCUT2D eigenvalue weighted by Crippen LogP contribution is -2.22. The molecule has 3 nitrogen and oxygen atoms in total. The van der Waals surface area contributed by atoms with Gasteiger partial charge < -0.3 is 10.1 Å². The zero-order valence-electron chi connectivity index (χ0n) is 17.5. The van der Waals surface area contributed by atoms with Gasteiger partial charge in [-0.25, -0.2) is 0 Å². The summed E-state index contributed by atoms with van der Waals surface area (Å²) in [4.78, 5) is 11.4. The van der Waals surface area contributed by atoms with E-state index < -0.39 is 0 Å². The number of carbonyl (C=O) groups is 1. The smallest absolute Gasteiger partial charge is 0.220 e. The third kappa shape index (κ3) is 21.2. The molecular formula is C23H45NO2. The van der Waals surface area contributed by atoms with E-state index in [9.17, 15) is 4.79 Å². The summed E-state index contributed by atoms with van der Waals surface area (Å²) >= 11 is 0. The van der Waals surface area contributed by atoms with Crippen molar-refractivity contribution in [3.05, 3.63) is 12.7 Å². The molecule has 0 aliphatic heterocycles. The maximum atomic E-state index is 11.4. The second-order valence-corrected chi connectivity index (χ2v) is 7.34. The summed E-state index contributed by atoms with van der Waals surface area (Å²) in [5.74, 6) is 0.162. The molecule has 0 rings (SSSR count). The van der Waals surface area contributed by atoms with E-state index in [-0.39, 0.29) is 5.91 Å². The monoisotopic (exact) mass is 367 g/mol. The molecule has 3 heteroatoms. The summed E-state index contributed by atoms with van der Waals surface area (Å²) in [7, 11) is 0. The van der Waals surface area contributed by atoms with Gasteiger partial charge in [0.05, 0.1) is 0 Å². The molecule has 0 fully saturated rings. The van der Waals surface area contributed by atoms with Gasteiger partial charge in [-0.15, -0.1) is 6.58 Å². The molecule has 0 aliphatic rings. The average Bonchev–Trinajstić information content (AvgIpc) is 2.65. The third-order valence-corrected chi connectivity index (χ3v) is 4.84. The highest BCUT2D eigenvalue weighted by Gasteiger charge is 1.99. The molecule has 0 aromatic rings. The molecule has 0 heterocycles. The Balaban J connectivity index is 3.05. The molecular weight excluding hydrogens is 322 g/mol. The van der Waals surface area contributed by atoms with E-state index in [0.717, 1.165) is 19.6 Å². The molecule has 0 saturated heterocycles. The number of carbonyl (C=O) groups excluding carboxylic acids is 1. The second-order valence-electron chi connectivity index (χ2n) is 7.34. The standard InChI is InChI=1S/C23H45NO2/c1-3-21-24-23(25)20-18-16-14-12-10-8-6-5-7-9-11-13-15-17-19-22-26-4-2/h3H,1,4-22H2,2H3,(H,24,25). The quantitative estimate of drug-likeness (QED) is 0.184. The molecule has 0 saturated carbocycles. The van der Waals surface area contributed by atoms with Crippen molar-refractivity contribution >= 4 is 5.91 Å². The predicted molar refractivity (Wildman–Crippen MR) is 114 cm³/mol. The van der Waals surface area contributed by atoms with Gasteiger partial charge in [0, 0.05) is 26.2 Å². The third-order valence-electron chi connectivity index (χ3n) is 4.84. The summed E-state index contributed by atoms with van der Waals surface area (Å²) in [6.45, 7) is 8.06. The molecule has 0 bridgehead atoms.